The molecule has 2 heterocycles. The second kappa shape index (κ2) is 11.9. The van der Waals surface area contributed by atoms with Gasteiger partial charge in [-0.1, -0.05) is 12.5 Å². The molecule has 2 rings (SSSR count). The van der Waals surface area contributed by atoms with Gasteiger partial charge in [0, 0.05) is 43.6 Å². The predicted octanol–water partition coefficient (Wildman–Crippen LogP) is 5.56. The van der Waals surface area contributed by atoms with Crippen molar-refractivity contribution < 1.29 is 14.3 Å². The highest BCUT2D eigenvalue weighted by Crippen LogP contribution is 2.31. The molecule has 0 spiro atoms. The van der Waals surface area contributed by atoms with Crippen LogP contribution >= 0.6 is 0 Å². The van der Waals surface area contributed by atoms with Crippen molar-refractivity contribution in [3.63, 3.8) is 0 Å². The van der Waals surface area contributed by atoms with E-state index >= 15 is 0 Å². The SMILES string of the molecule is CC/C(C)=C/c1[nH]c(C(=O)N2CCC(CC(C)(C)OC)CC2)c(CN(C)C)c1/C=C(\C)OC. The van der Waals surface area contributed by atoms with Crippen LogP contribution in [0.25, 0.3) is 12.2 Å². The summed E-state index contributed by atoms with van der Waals surface area (Å²) in [6.07, 6.45) is 8.21. The minimum atomic E-state index is -0.117. The molecule has 0 aliphatic carbocycles. The van der Waals surface area contributed by atoms with Gasteiger partial charge in [0.15, 0.2) is 0 Å². The Kier molecular flexibility index (Phi) is 9.80. The smallest absolute Gasteiger partial charge is 0.270 e. The summed E-state index contributed by atoms with van der Waals surface area (Å²) in [5, 5.41) is 0. The second-order valence-corrected chi connectivity index (χ2v) is 10.3. The summed E-state index contributed by atoms with van der Waals surface area (Å²) in [6, 6.07) is 0. The zero-order chi connectivity index (χ0) is 24.8. The van der Waals surface area contributed by atoms with Crippen LogP contribution in [0, 0.1) is 5.92 Å². The predicted molar refractivity (Wildman–Crippen MR) is 137 cm³/mol. The number of allylic oxidation sites excluding steroid dienone is 2. The highest BCUT2D eigenvalue weighted by Gasteiger charge is 2.31. The molecule has 0 saturated carbocycles. The van der Waals surface area contributed by atoms with Gasteiger partial charge < -0.3 is 24.3 Å². The summed E-state index contributed by atoms with van der Waals surface area (Å²) in [5.41, 5.74) is 4.88. The number of hydrogen-bond acceptors (Lipinski definition) is 4. The summed E-state index contributed by atoms with van der Waals surface area (Å²) >= 11 is 0. The molecule has 1 aliphatic heterocycles. The zero-order valence-corrected chi connectivity index (χ0v) is 22.3. The monoisotopic (exact) mass is 459 g/mol. The number of likely N-dealkylation sites (tertiary alicyclic amines) is 1. The first-order valence-electron chi connectivity index (χ1n) is 12.1. The molecule has 6 heteroatoms. The summed E-state index contributed by atoms with van der Waals surface area (Å²) in [6.45, 7) is 12.7. The van der Waals surface area contributed by atoms with Gasteiger partial charge in [-0.05, 0) is 85.5 Å². The van der Waals surface area contributed by atoms with Gasteiger partial charge in [-0.15, -0.1) is 0 Å². The Morgan fingerprint density at radius 1 is 1.18 bits per heavy atom. The molecule has 1 aliphatic rings. The van der Waals surface area contributed by atoms with Crippen LogP contribution in [0.1, 0.15) is 87.6 Å². The lowest BCUT2D eigenvalue weighted by Crippen LogP contribution is -2.40. The molecule has 1 amide bonds. The van der Waals surface area contributed by atoms with Crippen molar-refractivity contribution in [2.75, 3.05) is 41.4 Å². The van der Waals surface area contributed by atoms with Gasteiger partial charge in [0.25, 0.3) is 5.91 Å². The number of nitrogens with one attached hydrogen (secondary N) is 1. The number of piperidine rings is 1. The number of nitrogens with zero attached hydrogens (tertiary/aromatic N) is 2. The largest absolute Gasteiger partial charge is 0.501 e. The van der Waals surface area contributed by atoms with Crippen LogP contribution in [-0.4, -0.2) is 67.7 Å². The fourth-order valence-corrected chi connectivity index (χ4v) is 4.40. The number of carbonyl (C=O) groups is 1. The summed E-state index contributed by atoms with van der Waals surface area (Å²) in [7, 11) is 7.53. The molecule has 0 bridgehead atoms. The van der Waals surface area contributed by atoms with E-state index in [-0.39, 0.29) is 11.5 Å². The van der Waals surface area contributed by atoms with E-state index in [2.05, 4.69) is 43.7 Å². The number of aromatic amines is 1. The average Bonchev–Trinajstić information content (AvgIpc) is 3.09. The Hall–Kier alpha value is -2.05. The van der Waals surface area contributed by atoms with Gasteiger partial charge in [0.2, 0.25) is 0 Å². The van der Waals surface area contributed by atoms with Crippen molar-refractivity contribution in [1.29, 1.82) is 0 Å². The highest BCUT2D eigenvalue weighted by atomic mass is 16.5. The second-order valence-electron chi connectivity index (χ2n) is 10.3. The highest BCUT2D eigenvalue weighted by molar-refractivity contribution is 5.96. The number of ether oxygens (including phenoxy) is 2. The molecule has 6 nitrogen and oxygen atoms in total. The van der Waals surface area contributed by atoms with Gasteiger partial charge in [0.1, 0.15) is 5.69 Å². The molecule has 1 N–H and O–H groups in total. The summed E-state index contributed by atoms with van der Waals surface area (Å²) in [5.74, 6) is 1.50. The number of methoxy groups -OCH3 is 2. The van der Waals surface area contributed by atoms with Crippen molar-refractivity contribution in [1.82, 2.24) is 14.8 Å². The Morgan fingerprint density at radius 2 is 1.82 bits per heavy atom. The quantitative estimate of drug-likeness (QED) is 0.465. The van der Waals surface area contributed by atoms with Crippen molar-refractivity contribution in [3.05, 3.63) is 33.8 Å². The maximum atomic E-state index is 13.7. The third kappa shape index (κ3) is 7.47. The maximum Gasteiger partial charge on any atom is 0.270 e. The van der Waals surface area contributed by atoms with E-state index in [0.29, 0.717) is 18.2 Å². The third-order valence-corrected chi connectivity index (χ3v) is 6.72. The van der Waals surface area contributed by atoms with E-state index in [1.165, 1.54) is 5.57 Å². The van der Waals surface area contributed by atoms with Gasteiger partial charge in [-0.2, -0.15) is 0 Å². The average molecular weight is 460 g/mol. The molecule has 186 valence electrons. The molecule has 1 aromatic heterocycles. The van der Waals surface area contributed by atoms with Crippen molar-refractivity contribution in [2.45, 2.75) is 72.4 Å². The minimum absolute atomic E-state index is 0.0924. The van der Waals surface area contributed by atoms with Crippen molar-refractivity contribution in [2.24, 2.45) is 5.92 Å². The van der Waals surface area contributed by atoms with Gasteiger partial charge in [-0.3, -0.25) is 4.79 Å². The van der Waals surface area contributed by atoms with E-state index in [4.69, 9.17) is 9.47 Å². The van der Waals surface area contributed by atoms with Crippen LogP contribution in [0.4, 0.5) is 0 Å². The summed E-state index contributed by atoms with van der Waals surface area (Å²) < 4.78 is 11.1. The first-order chi connectivity index (χ1) is 15.5. The molecule has 0 radical (unpaired) electrons. The van der Waals surface area contributed by atoms with Gasteiger partial charge >= 0.3 is 0 Å². The third-order valence-electron chi connectivity index (χ3n) is 6.72. The standard InChI is InChI=1S/C27H45N3O3/c1-10-19(2)15-24-22(16-20(3)32-8)23(18-29(6)7)25(28-24)26(31)30-13-11-21(12-14-30)17-27(4,5)33-9/h15-16,21,28H,10-14,17-18H2,1-9H3/b19-15+,20-16+. The Morgan fingerprint density at radius 3 is 2.33 bits per heavy atom. The van der Waals surface area contributed by atoms with E-state index in [1.807, 2.05) is 32.0 Å². The topological polar surface area (TPSA) is 57.8 Å². The lowest BCUT2D eigenvalue weighted by Gasteiger charge is -2.35. The van der Waals surface area contributed by atoms with Crippen LogP contribution < -0.4 is 0 Å². The molecule has 0 aromatic carbocycles. The fourth-order valence-electron chi connectivity index (χ4n) is 4.40. The van der Waals surface area contributed by atoms with E-state index in [1.54, 1.807) is 14.2 Å². The van der Waals surface area contributed by atoms with Crippen LogP contribution in [0.15, 0.2) is 11.3 Å². The molecule has 0 atom stereocenters. The molecular weight excluding hydrogens is 414 g/mol. The van der Waals surface area contributed by atoms with Crippen LogP contribution in [0.5, 0.6) is 0 Å². The van der Waals surface area contributed by atoms with Gasteiger partial charge in [0.05, 0.1) is 18.5 Å². The van der Waals surface area contributed by atoms with E-state index in [9.17, 15) is 4.79 Å². The van der Waals surface area contributed by atoms with Crippen molar-refractivity contribution >= 4 is 18.1 Å². The fraction of sp³-hybridized carbons (Fsp3) is 0.667. The van der Waals surface area contributed by atoms with Gasteiger partial charge in [-0.25, -0.2) is 0 Å². The number of carbonyl (C=O) groups excluding carboxylic acids is 1. The Balaban J connectivity index is 2.38. The molecule has 1 aromatic rings. The number of hydrogen-bond donors (Lipinski definition) is 1. The lowest BCUT2D eigenvalue weighted by molar-refractivity contribution is -0.00570. The lowest BCUT2D eigenvalue weighted by atomic mass is 9.86. The number of rotatable bonds is 10. The molecule has 1 fully saturated rings. The van der Waals surface area contributed by atoms with Crippen molar-refractivity contribution in [3.8, 4) is 0 Å². The number of H-pyrrole nitrogens is 1. The molecule has 1 saturated heterocycles. The van der Waals surface area contributed by atoms with E-state index in [0.717, 1.165) is 61.4 Å². The number of amides is 1. The normalized spacial score (nSPS) is 16.6. The Bertz CT molecular complexity index is 856. The zero-order valence-electron chi connectivity index (χ0n) is 22.3. The van der Waals surface area contributed by atoms with Crippen LogP contribution in [0.3, 0.4) is 0 Å². The van der Waals surface area contributed by atoms with E-state index < -0.39 is 0 Å². The summed E-state index contributed by atoms with van der Waals surface area (Å²) in [4.78, 5) is 21.3. The first kappa shape index (κ1) is 27.2. The molecule has 0 unspecified atom stereocenters. The van der Waals surface area contributed by atoms with Crippen LogP contribution in [0.2, 0.25) is 0 Å². The van der Waals surface area contributed by atoms with Crippen LogP contribution in [-0.2, 0) is 16.0 Å². The Labute approximate surface area is 201 Å². The first-order valence-corrected chi connectivity index (χ1v) is 12.1. The number of aromatic nitrogens is 1. The molecule has 33 heavy (non-hydrogen) atoms. The maximum absolute atomic E-state index is 13.7. The minimum Gasteiger partial charge on any atom is -0.501 e. The molecular formula is C27H45N3O3.